The first-order valence-corrected chi connectivity index (χ1v) is 6.87. The minimum absolute atomic E-state index is 0.147. The molecule has 0 aromatic carbocycles. The van der Waals surface area contributed by atoms with Crippen LogP contribution < -0.4 is 4.90 Å². The molecule has 1 aromatic rings. The number of anilines is 1. The van der Waals surface area contributed by atoms with Crippen LogP contribution in [0.15, 0.2) is 12.3 Å². The summed E-state index contributed by atoms with van der Waals surface area (Å²) >= 11 is 4.77. The van der Waals surface area contributed by atoms with Gasteiger partial charge in [-0.05, 0) is 34.0 Å². The predicted molar refractivity (Wildman–Crippen MR) is 82.9 cm³/mol. The van der Waals surface area contributed by atoms with Crippen molar-refractivity contribution in [3.63, 3.8) is 0 Å². The Labute approximate surface area is 137 Å². The second kappa shape index (κ2) is 6.60. The van der Waals surface area contributed by atoms with Gasteiger partial charge in [-0.15, -0.1) is 0 Å². The van der Waals surface area contributed by atoms with E-state index in [0.717, 1.165) is 16.6 Å². The smallest absolute Gasteiger partial charge is 0.296 e. The number of hydrogen-bond acceptors (Lipinski definition) is 5. The fraction of sp³-hybridized carbons (Fsp3) is 0.429. The highest BCUT2D eigenvalue weighted by molar-refractivity contribution is 7.79. The normalized spacial score (nSPS) is 12.0. The number of likely N-dealkylation sites (N-methyl/N-ethyl adjacent to an activating group) is 1. The number of carbonyl (C=O) groups is 1. The molecule has 0 radical (unpaired) electrons. The molecule has 0 bridgehead atoms. The topological polar surface area (TPSA) is 60.2 Å². The number of carbonyl (C=O) groups excluding carboxylic acids is 1. The fourth-order valence-electron chi connectivity index (χ4n) is 1.60. The highest BCUT2D eigenvalue weighted by Gasteiger charge is 2.38. The van der Waals surface area contributed by atoms with Gasteiger partial charge in [-0.3, -0.25) is 14.6 Å². The third kappa shape index (κ3) is 3.83. The molecule has 1 aromatic heterocycles. The van der Waals surface area contributed by atoms with E-state index in [0.29, 0.717) is 6.07 Å². The lowest BCUT2D eigenvalue weighted by Crippen LogP contribution is -2.53. The number of nitrogens with zero attached hydrogens (tertiary/aromatic N) is 4. The minimum Gasteiger partial charge on any atom is -0.296 e. The Hall–Kier alpha value is -2.05. The van der Waals surface area contributed by atoms with Gasteiger partial charge in [-0.1, -0.05) is 12.2 Å². The molecular formula is C14H15F3N4OS. The Morgan fingerprint density at radius 1 is 1.39 bits per heavy atom. The van der Waals surface area contributed by atoms with Crippen LogP contribution in [-0.4, -0.2) is 40.9 Å². The van der Waals surface area contributed by atoms with Crippen molar-refractivity contribution in [1.29, 1.82) is 5.26 Å². The standard InChI is InChI=1S/C14H15F3N4OS/c1-13(2,20(3)4)12(22)21(8-23)9-5-10(14(15,16)17)11(6-18)19-7-9/h5,7-8H,1-4H3. The first kappa shape index (κ1) is 19.0. The second-order valence-electron chi connectivity index (χ2n) is 5.43. The van der Waals surface area contributed by atoms with E-state index in [-0.39, 0.29) is 5.69 Å². The van der Waals surface area contributed by atoms with Gasteiger partial charge in [0.1, 0.15) is 6.07 Å². The third-order valence-corrected chi connectivity index (χ3v) is 3.74. The van der Waals surface area contributed by atoms with Crippen molar-refractivity contribution in [3.8, 4) is 6.07 Å². The number of hydrogen-bond donors (Lipinski definition) is 0. The fourth-order valence-corrected chi connectivity index (χ4v) is 1.82. The summed E-state index contributed by atoms with van der Waals surface area (Å²) in [5.41, 5.74) is -2.16. The summed E-state index contributed by atoms with van der Waals surface area (Å²) in [5.74, 6) is -0.517. The highest BCUT2D eigenvalue weighted by atomic mass is 32.1. The zero-order valence-electron chi connectivity index (χ0n) is 13.0. The number of nitriles is 1. The summed E-state index contributed by atoms with van der Waals surface area (Å²) in [7, 11) is 3.33. The molecule has 9 heteroatoms. The van der Waals surface area contributed by atoms with Crippen molar-refractivity contribution >= 4 is 29.3 Å². The van der Waals surface area contributed by atoms with Gasteiger partial charge in [0.15, 0.2) is 5.69 Å². The van der Waals surface area contributed by atoms with Crippen LogP contribution in [0.25, 0.3) is 0 Å². The van der Waals surface area contributed by atoms with Gasteiger partial charge < -0.3 is 0 Å². The second-order valence-corrected chi connectivity index (χ2v) is 5.64. The largest absolute Gasteiger partial charge is 0.419 e. The van der Waals surface area contributed by atoms with Gasteiger partial charge in [0.25, 0.3) is 5.91 Å². The summed E-state index contributed by atoms with van der Waals surface area (Å²) in [6.45, 7) is 3.23. The van der Waals surface area contributed by atoms with Crippen molar-refractivity contribution in [3.05, 3.63) is 23.5 Å². The van der Waals surface area contributed by atoms with Crippen LogP contribution >= 0.6 is 12.2 Å². The summed E-state index contributed by atoms with van der Waals surface area (Å²) < 4.78 is 39.0. The number of aromatic nitrogens is 1. The van der Waals surface area contributed by atoms with Gasteiger partial charge in [-0.2, -0.15) is 18.4 Å². The van der Waals surface area contributed by atoms with Crippen molar-refractivity contribution < 1.29 is 18.0 Å². The maximum absolute atomic E-state index is 13.0. The van der Waals surface area contributed by atoms with Crippen molar-refractivity contribution in [1.82, 2.24) is 9.88 Å². The Bertz CT molecular complexity index is 665. The Kier molecular flexibility index (Phi) is 5.45. The maximum atomic E-state index is 13.0. The van der Waals surface area contributed by atoms with Gasteiger partial charge in [0, 0.05) is 0 Å². The minimum atomic E-state index is -4.76. The molecule has 1 rings (SSSR count). The van der Waals surface area contributed by atoms with Crippen molar-refractivity contribution in [2.45, 2.75) is 25.6 Å². The lowest BCUT2D eigenvalue weighted by atomic mass is 10.0. The van der Waals surface area contributed by atoms with Crippen molar-refractivity contribution in [2.75, 3.05) is 19.0 Å². The van der Waals surface area contributed by atoms with Crippen LogP contribution in [0.2, 0.25) is 0 Å². The molecule has 0 aliphatic rings. The third-order valence-electron chi connectivity index (χ3n) is 3.53. The Balaban J connectivity index is 3.42. The lowest BCUT2D eigenvalue weighted by Gasteiger charge is -2.34. The van der Waals surface area contributed by atoms with E-state index in [2.05, 4.69) is 4.98 Å². The average Bonchev–Trinajstić information content (AvgIpc) is 2.46. The molecule has 1 amide bonds. The number of alkyl halides is 3. The van der Waals surface area contributed by atoms with Gasteiger partial charge in [0.05, 0.1) is 28.5 Å². The van der Waals surface area contributed by atoms with Gasteiger partial charge in [-0.25, -0.2) is 4.98 Å². The maximum Gasteiger partial charge on any atom is 0.419 e. The van der Waals surface area contributed by atoms with Crippen LogP contribution in [-0.2, 0) is 11.0 Å². The molecule has 0 aliphatic carbocycles. The van der Waals surface area contributed by atoms with Crippen LogP contribution in [0, 0.1) is 11.3 Å². The summed E-state index contributed by atoms with van der Waals surface area (Å²) in [5, 5.41) is 8.75. The first-order chi connectivity index (χ1) is 10.5. The Morgan fingerprint density at radius 2 is 1.96 bits per heavy atom. The van der Waals surface area contributed by atoms with Crippen LogP contribution in [0.5, 0.6) is 0 Å². The van der Waals surface area contributed by atoms with E-state index in [1.807, 2.05) is 0 Å². The molecule has 0 unspecified atom stereocenters. The predicted octanol–water partition coefficient (Wildman–Crippen LogP) is 2.60. The van der Waals surface area contributed by atoms with Crippen LogP contribution in [0.1, 0.15) is 25.1 Å². The van der Waals surface area contributed by atoms with E-state index in [1.54, 1.807) is 32.8 Å². The van der Waals surface area contributed by atoms with Crippen LogP contribution in [0.4, 0.5) is 18.9 Å². The number of pyridine rings is 1. The molecule has 0 saturated heterocycles. The Morgan fingerprint density at radius 3 is 2.35 bits per heavy atom. The summed E-state index contributed by atoms with van der Waals surface area (Å²) in [4.78, 5) is 18.6. The van der Waals surface area contributed by atoms with Crippen LogP contribution in [0.3, 0.4) is 0 Å². The zero-order chi connectivity index (χ0) is 18.0. The van der Waals surface area contributed by atoms with E-state index in [1.165, 1.54) is 6.07 Å². The molecule has 0 spiro atoms. The average molecular weight is 344 g/mol. The van der Waals surface area contributed by atoms with Crippen molar-refractivity contribution in [2.24, 2.45) is 0 Å². The highest BCUT2D eigenvalue weighted by Crippen LogP contribution is 2.33. The first-order valence-electron chi connectivity index (χ1n) is 6.40. The molecule has 0 saturated carbocycles. The monoisotopic (exact) mass is 344 g/mol. The molecule has 0 aliphatic heterocycles. The summed E-state index contributed by atoms with van der Waals surface area (Å²) in [6, 6.07) is 2.08. The molecule has 5 nitrogen and oxygen atoms in total. The number of thiocarbonyl (C=S) groups is 1. The quantitative estimate of drug-likeness (QED) is 0.786. The molecule has 0 atom stereocenters. The van der Waals surface area contributed by atoms with E-state index < -0.39 is 28.9 Å². The zero-order valence-corrected chi connectivity index (χ0v) is 13.8. The molecule has 1 heterocycles. The summed E-state index contributed by atoms with van der Waals surface area (Å²) in [6.07, 6.45) is -3.75. The molecular weight excluding hydrogens is 329 g/mol. The number of halogens is 3. The van der Waals surface area contributed by atoms with E-state index in [9.17, 15) is 18.0 Å². The lowest BCUT2D eigenvalue weighted by molar-refractivity contribution is -0.138. The molecule has 0 N–H and O–H groups in total. The van der Waals surface area contributed by atoms with E-state index >= 15 is 0 Å². The van der Waals surface area contributed by atoms with E-state index in [4.69, 9.17) is 17.5 Å². The number of rotatable bonds is 4. The molecule has 0 fully saturated rings. The molecule has 124 valence electrons. The number of amides is 1. The van der Waals surface area contributed by atoms with Gasteiger partial charge >= 0.3 is 6.18 Å². The molecule has 23 heavy (non-hydrogen) atoms. The van der Waals surface area contributed by atoms with Gasteiger partial charge in [0.2, 0.25) is 0 Å². The SMILES string of the molecule is CN(C)C(C)(C)C(=O)N(C=S)c1cnc(C#N)c(C(F)(F)F)c1.